The van der Waals surface area contributed by atoms with Crippen LogP contribution < -0.4 is 5.32 Å². The molecular weight excluding hydrogens is 266 g/mol. The highest BCUT2D eigenvalue weighted by atomic mass is 32.2. The molecule has 3 nitrogen and oxygen atoms in total. The molecule has 0 aliphatic heterocycles. The summed E-state index contributed by atoms with van der Waals surface area (Å²) >= 11 is 1.61. The van der Waals surface area contributed by atoms with Crippen molar-refractivity contribution in [1.29, 1.82) is 0 Å². The average molecular weight is 285 g/mol. The smallest absolute Gasteiger partial charge is 0.148 e. The first-order chi connectivity index (χ1) is 9.80. The Hall–Kier alpha value is -1.55. The zero-order valence-corrected chi connectivity index (χ0v) is 12.5. The number of hydrogen-bond donors (Lipinski definition) is 1. The number of benzene rings is 1. The second kappa shape index (κ2) is 5.83. The maximum absolute atomic E-state index is 4.21. The van der Waals surface area contributed by atoms with E-state index in [1.54, 1.807) is 11.8 Å². The van der Waals surface area contributed by atoms with Gasteiger partial charge in [0.1, 0.15) is 10.8 Å². The summed E-state index contributed by atoms with van der Waals surface area (Å²) in [7, 11) is 0. The van der Waals surface area contributed by atoms with E-state index in [1.165, 1.54) is 18.4 Å². The molecule has 20 heavy (non-hydrogen) atoms. The molecule has 0 spiro atoms. The average Bonchev–Trinajstić information content (AvgIpc) is 3.27. The van der Waals surface area contributed by atoms with E-state index in [2.05, 4.69) is 45.8 Å². The molecule has 1 fully saturated rings. The molecule has 0 saturated heterocycles. The molecule has 1 aromatic carbocycles. The molecule has 1 saturated carbocycles. The lowest BCUT2D eigenvalue weighted by molar-refractivity contribution is 0.537. The van der Waals surface area contributed by atoms with Gasteiger partial charge in [-0.25, -0.2) is 0 Å². The molecule has 0 bridgehead atoms. The van der Waals surface area contributed by atoms with Crippen molar-refractivity contribution in [1.82, 2.24) is 10.2 Å². The minimum atomic E-state index is 0.418. The lowest BCUT2D eigenvalue weighted by Crippen LogP contribution is -2.18. The lowest BCUT2D eigenvalue weighted by atomic mass is 9.96. The first-order valence-electron chi connectivity index (χ1n) is 6.95. The molecule has 0 atom stereocenters. The summed E-state index contributed by atoms with van der Waals surface area (Å²) in [6.07, 6.45) is 5.75. The molecule has 0 amide bonds. The summed E-state index contributed by atoms with van der Waals surface area (Å²) in [6, 6.07) is 14.8. The summed E-state index contributed by atoms with van der Waals surface area (Å²) in [5.74, 6) is 0.877. The number of aromatic nitrogens is 2. The van der Waals surface area contributed by atoms with Crippen LogP contribution in [0.2, 0.25) is 0 Å². The van der Waals surface area contributed by atoms with Gasteiger partial charge in [0.15, 0.2) is 0 Å². The van der Waals surface area contributed by atoms with Crippen LogP contribution in [0.5, 0.6) is 0 Å². The number of nitrogens with one attached hydrogen (secondary N) is 1. The number of hydrogen-bond acceptors (Lipinski definition) is 4. The fraction of sp³-hybridized carbons (Fsp3) is 0.375. The standard InChI is InChI=1S/C16H19N3S/c1-20-15-8-7-14(18-19-15)17-12-16(9-10-16)11-13-5-3-2-4-6-13/h2-8H,9-12H2,1H3,(H,17,18). The second-order valence-corrected chi connectivity index (χ2v) is 6.30. The molecule has 3 rings (SSSR count). The number of nitrogens with zero attached hydrogens (tertiary/aromatic N) is 2. The van der Waals surface area contributed by atoms with E-state index in [-0.39, 0.29) is 0 Å². The van der Waals surface area contributed by atoms with Gasteiger partial charge in [0.05, 0.1) is 0 Å². The van der Waals surface area contributed by atoms with Crippen molar-refractivity contribution in [2.24, 2.45) is 5.41 Å². The maximum Gasteiger partial charge on any atom is 0.148 e. The summed E-state index contributed by atoms with van der Waals surface area (Å²) < 4.78 is 0. The van der Waals surface area contributed by atoms with Crippen molar-refractivity contribution in [2.45, 2.75) is 24.3 Å². The van der Waals surface area contributed by atoms with Crippen LogP contribution in [0.25, 0.3) is 0 Å². The Bertz CT molecular complexity index is 550. The zero-order chi connectivity index (χ0) is 13.8. The van der Waals surface area contributed by atoms with Crippen molar-refractivity contribution >= 4 is 17.6 Å². The number of anilines is 1. The Kier molecular flexibility index (Phi) is 3.92. The second-order valence-electron chi connectivity index (χ2n) is 5.48. The van der Waals surface area contributed by atoms with E-state index in [4.69, 9.17) is 0 Å². The monoisotopic (exact) mass is 285 g/mol. The first-order valence-corrected chi connectivity index (χ1v) is 8.18. The van der Waals surface area contributed by atoms with Gasteiger partial charge in [-0.05, 0) is 48.6 Å². The highest BCUT2D eigenvalue weighted by Crippen LogP contribution is 2.48. The number of thioether (sulfide) groups is 1. The van der Waals surface area contributed by atoms with Crippen molar-refractivity contribution in [3.8, 4) is 0 Å². The van der Waals surface area contributed by atoms with Crippen LogP contribution in [-0.4, -0.2) is 23.0 Å². The fourth-order valence-electron chi connectivity index (χ4n) is 2.42. The summed E-state index contributed by atoms with van der Waals surface area (Å²) in [5.41, 5.74) is 1.84. The molecule has 1 aromatic heterocycles. The van der Waals surface area contributed by atoms with E-state index in [9.17, 15) is 0 Å². The van der Waals surface area contributed by atoms with Crippen LogP contribution in [0.4, 0.5) is 5.82 Å². The summed E-state index contributed by atoms with van der Waals surface area (Å²) in [6.45, 7) is 0.981. The molecule has 104 valence electrons. The van der Waals surface area contributed by atoms with Gasteiger partial charge in [-0.3, -0.25) is 0 Å². The Labute approximate surface area is 124 Å². The predicted octanol–water partition coefficient (Wildman–Crippen LogP) is 3.63. The SMILES string of the molecule is CSc1ccc(NCC2(Cc3ccccc3)CC2)nn1. The normalized spacial score (nSPS) is 15.8. The summed E-state index contributed by atoms with van der Waals surface area (Å²) in [4.78, 5) is 0. The van der Waals surface area contributed by atoms with Crippen molar-refractivity contribution in [3.63, 3.8) is 0 Å². The quantitative estimate of drug-likeness (QED) is 0.822. The van der Waals surface area contributed by atoms with Gasteiger partial charge in [0, 0.05) is 6.54 Å². The van der Waals surface area contributed by atoms with Crippen molar-refractivity contribution < 1.29 is 0 Å². The molecule has 0 unspecified atom stereocenters. The van der Waals surface area contributed by atoms with Crippen LogP contribution in [-0.2, 0) is 6.42 Å². The molecule has 1 heterocycles. The third kappa shape index (κ3) is 3.31. The van der Waals surface area contributed by atoms with E-state index < -0.39 is 0 Å². The van der Waals surface area contributed by atoms with E-state index in [1.807, 2.05) is 18.4 Å². The minimum absolute atomic E-state index is 0.418. The van der Waals surface area contributed by atoms with Crippen LogP contribution in [0.3, 0.4) is 0 Å². The number of rotatable bonds is 6. The van der Waals surface area contributed by atoms with Crippen molar-refractivity contribution in [2.75, 3.05) is 18.1 Å². The summed E-state index contributed by atoms with van der Waals surface area (Å²) in [5, 5.41) is 12.8. The third-order valence-corrected chi connectivity index (χ3v) is 4.51. The highest BCUT2D eigenvalue weighted by molar-refractivity contribution is 7.98. The van der Waals surface area contributed by atoms with Gasteiger partial charge in [-0.2, -0.15) is 0 Å². The molecule has 0 radical (unpaired) electrons. The van der Waals surface area contributed by atoms with Gasteiger partial charge in [-0.15, -0.1) is 22.0 Å². The Morgan fingerprint density at radius 2 is 1.90 bits per heavy atom. The van der Waals surface area contributed by atoms with Gasteiger partial charge >= 0.3 is 0 Å². The Morgan fingerprint density at radius 3 is 2.50 bits per heavy atom. The topological polar surface area (TPSA) is 37.8 Å². The first kappa shape index (κ1) is 13.4. The lowest BCUT2D eigenvalue weighted by Gasteiger charge is -2.16. The van der Waals surface area contributed by atoms with E-state index in [0.29, 0.717) is 5.41 Å². The third-order valence-electron chi connectivity index (χ3n) is 3.87. The minimum Gasteiger partial charge on any atom is -0.368 e. The maximum atomic E-state index is 4.21. The molecule has 1 N–H and O–H groups in total. The molecule has 2 aromatic rings. The Morgan fingerprint density at radius 1 is 1.10 bits per heavy atom. The van der Waals surface area contributed by atoms with E-state index >= 15 is 0 Å². The van der Waals surface area contributed by atoms with E-state index in [0.717, 1.165) is 23.8 Å². The fourth-order valence-corrected chi connectivity index (χ4v) is 2.75. The van der Waals surface area contributed by atoms with Gasteiger partial charge in [0.2, 0.25) is 0 Å². The Balaban J connectivity index is 1.57. The van der Waals surface area contributed by atoms with Crippen LogP contribution >= 0.6 is 11.8 Å². The van der Waals surface area contributed by atoms with Crippen LogP contribution in [0.15, 0.2) is 47.5 Å². The zero-order valence-electron chi connectivity index (χ0n) is 11.7. The predicted molar refractivity (Wildman–Crippen MR) is 84.1 cm³/mol. The van der Waals surface area contributed by atoms with Crippen LogP contribution in [0.1, 0.15) is 18.4 Å². The molecule has 4 heteroatoms. The van der Waals surface area contributed by atoms with Gasteiger partial charge in [-0.1, -0.05) is 30.3 Å². The van der Waals surface area contributed by atoms with Gasteiger partial charge < -0.3 is 5.32 Å². The van der Waals surface area contributed by atoms with Crippen LogP contribution in [0, 0.1) is 5.41 Å². The highest BCUT2D eigenvalue weighted by Gasteiger charge is 2.42. The largest absolute Gasteiger partial charge is 0.368 e. The molecule has 1 aliphatic rings. The molecular formula is C16H19N3S. The van der Waals surface area contributed by atoms with Gasteiger partial charge in [0.25, 0.3) is 0 Å². The molecule has 1 aliphatic carbocycles. The van der Waals surface area contributed by atoms with Crippen molar-refractivity contribution in [3.05, 3.63) is 48.0 Å².